The number of fused-ring (bicyclic) bond motifs is 3. The van der Waals surface area contributed by atoms with Crippen LogP contribution in [0.2, 0.25) is 0 Å². The Hall–Kier alpha value is -3.08. The monoisotopic (exact) mass is 305 g/mol. The van der Waals surface area contributed by atoms with Crippen LogP contribution in [0.3, 0.4) is 0 Å². The summed E-state index contributed by atoms with van der Waals surface area (Å²) in [5.74, 6) is 0.452. The van der Waals surface area contributed by atoms with Crippen LogP contribution in [0.1, 0.15) is 0 Å². The summed E-state index contributed by atoms with van der Waals surface area (Å²) < 4.78 is 0. The Morgan fingerprint density at radius 1 is 0.870 bits per heavy atom. The molecule has 3 aromatic rings. The first-order chi connectivity index (χ1) is 11.1. The molecule has 0 heterocycles. The molecule has 0 aromatic heterocycles. The van der Waals surface area contributed by atoms with Crippen molar-refractivity contribution in [2.24, 2.45) is 21.5 Å². The highest BCUT2D eigenvalue weighted by atomic mass is 15.2. The summed E-state index contributed by atoms with van der Waals surface area (Å²) in [7, 11) is 3.61. The lowest BCUT2D eigenvalue weighted by Gasteiger charge is -2.10. The zero-order chi connectivity index (χ0) is 16.4. The van der Waals surface area contributed by atoms with E-state index in [2.05, 4.69) is 28.2 Å². The van der Waals surface area contributed by atoms with Gasteiger partial charge >= 0.3 is 0 Å². The maximum atomic E-state index is 5.94. The first-order valence-electron chi connectivity index (χ1n) is 7.32. The van der Waals surface area contributed by atoms with Crippen molar-refractivity contribution in [1.82, 2.24) is 4.90 Å². The van der Waals surface area contributed by atoms with E-state index in [1.54, 1.807) is 19.0 Å². The molecule has 0 aliphatic rings. The topological polar surface area (TPSA) is 80.0 Å². The third kappa shape index (κ3) is 2.94. The van der Waals surface area contributed by atoms with Crippen molar-refractivity contribution in [1.29, 1.82) is 0 Å². The van der Waals surface area contributed by atoms with Crippen molar-refractivity contribution >= 4 is 39.2 Å². The lowest BCUT2D eigenvalue weighted by atomic mass is 10.0. The van der Waals surface area contributed by atoms with Crippen LogP contribution in [-0.4, -0.2) is 30.9 Å². The molecule has 0 radical (unpaired) electrons. The summed E-state index contributed by atoms with van der Waals surface area (Å²) in [5.41, 5.74) is 12.5. The Kier molecular flexibility index (Phi) is 3.85. The highest BCUT2D eigenvalue weighted by Crippen LogP contribution is 2.33. The van der Waals surface area contributed by atoms with Crippen molar-refractivity contribution < 1.29 is 0 Å². The van der Waals surface area contributed by atoms with Gasteiger partial charge in [0.05, 0.1) is 5.69 Å². The molecule has 0 aliphatic carbocycles. The number of aliphatic imine (C=N–C) groups is 2. The Labute approximate surface area is 134 Å². The van der Waals surface area contributed by atoms with Crippen LogP contribution in [-0.2, 0) is 0 Å². The van der Waals surface area contributed by atoms with Gasteiger partial charge in [-0.2, -0.15) is 4.99 Å². The Morgan fingerprint density at radius 2 is 1.48 bits per heavy atom. The molecule has 3 aromatic carbocycles. The van der Waals surface area contributed by atoms with Gasteiger partial charge in [0, 0.05) is 19.5 Å². The summed E-state index contributed by atoms with van der Waals surface area (Å²) in [4.78, 5) is 10.2. The molecule has 3 rings (SSSR count). The fourth-order valence-corrected chi connectivity index (χ4v) is 2.49. The highest BCUT2D eigenvalue weighted by molar-refractivity contribution is 6.13. The van der Waals surface area contributed by atoms with Gasteiger partial charge in [-0.25, -0.2) is 4.99 Å². The molecule has 0 amide bonds. The van der Waals surface area contributed by atoms with Gasteiger partial charge in [0.25, 0.3) is 0 Å². The maximum absolute atomic E-state index is 5.94. The minimum absolute atomic E-state index is 0.136. The Balaban J connectivity index is 2.22. The largest absolute Gasteiger partial charge is 0.369 e. The number of nitrogens with two attached hydrogens (primary N) is 2. The van der Waals surface area contributed by atoms with Crippen molar-refractivity contribution in [3.8, 4) is 0 Å². The molecule has 5 heteroatoms. The van der Waals surface area contributed by atoms with Crippen LogP contribution in [0, 0.1) is 0 Å². The normalized spacial score (nSPS) is 12.8. The van der Waals surface area contributed by atoms with Gasteiger partial charge in [0.15, 0.2) is 5.96 Å². The predicted octanol–water partition coefficient (Wildman–Crippen LogP) is 2.82. The zero-order valence-electron chi connectivity index (χ0n) is 13.2. The third-order valence-corrected chi connectivity index (χ3v) is 3.67. The average molecular weight is 305 g/mol. The summed E-state index contributed by atoms with van der Waals surface area (Å²) >= 11 is 0. The van der Waals surface area contributed by atoms with Crippen LogP contribution in [0.25, 0.3) is 21.5 Å². The molecule has 0 saturated carbocycles. The molecule has 0 bridgehead atoms. The molecule has 5 nitrogen and oxygen atoms in total. The number of rotatable bonds is 1. The van der Waals surface area contributed by atoms with Crippen molar-refractivity contribution in [3.05, 3.63) is 54.6 Å². The van der Waals surface area contributed by atoms with E-state index < -0.39 is 0 Å². The third-order valence-electron chi connectivity index (χ3n) is 3.67. The molecule has 0 saturated heterocycles. The fraction of sp³-hybridized carbons (Fsp3) is 0.111. The number of guanidine groups is 2. The average Bonchev–Trinajstić information content (AvgIpc) is 2.55. The van der Waals surface area contributed by atoms with Crippen LogP contribution in [0.4, 0.5) is 5.69 Å². The predicted molar refractivity (Wildman–Crippen MR) is 98.0 cm³/mol. The van der Waals surface area contributed by atoms with E-state index in [0.29, 0.717) is 5.96 Å². The number of nitrogens with zero attached hydrogens (tertiary/aromatic N) is 3. The molecule has 0 aliphatic heterocycles. The molecule has 0 fully saturated rings. The van der Waals surface area contributed by atoms with Crippen LogP contribution >= 0.6 is 0 Å². The lowest BCUT2D eigenvalue weighted by Crippen LogP contribution is -2.32. The summed E-state index contributed by atoms with van der Waals surface area (Å²) in [6.07, 6.45) is 0. The molecule has 0 spiro atoms. The van der Waals surface area contributed by atoms with Crippen molar-refractivity contribution in [3.63, 3.8) is 0 Å². The van der Waals surface area contributed by atoms with Crippen LogP contribution in [0.15, 0.2) is 64.6 Å². The molecule has 23 heavy (non-hydrogen) atoms. The fourth-order valence-electron chi connectivity index (χ4n) is 2.49. The first-order valence-corrected chi connectivity index (χ1v) is 7.32. The van der Waals surface area contributed by atoms with E-state index in [-0.39, 0.29) is 5.96 Å². The maximum Gasteiger partial charge on any atom is 0.223 e. The van der Waals surface area contributed by atoms with Crippen LogP contribution < -0.4 is 11.5 Å². The Bertz CT molecular complexity index is 925. The minimum atomic E-state index is 0.136. The minimum Gasteiger partial charge on any atom is -0.369 e. The Morgan fingerprint density at radius 3 is 2.17 bits per heavy atom. The second-order valence-corrected chi connectivity index (χ2v) is 5.50. The van der Waals surface area contributed by atoms with Gasteiger partial charge in [-0.1, -0.05) is 48.5 Å². The lowest BCUT2D eigenvalue weighted by molar-refractivity contribution is 0.615. The molecule has 116 valence electrons. The van der Waals surface area contributed by atoms with Crippen LogP contribution in [0.5, 0.6) is 0 Å². The number of benzene rings is 3. The molecular formula is C18H19N5. The quantitative estimate of drug-likeness (QED) is 0.412. The SMILES string of the molecule is CN(C)/C(N)=N/C(N)=Nc1cc2ccccc2c2ccccc12. The summed E-state index contributed by atoms with van der Waals surface area (Å²) in [5, 5.41) is 4.48. The van der Waals surface area contributed by atoms with E-state index in [0.717, 1.165) is 21.8 Å². The number of hydrogen-bond acceptors (Lipinski definition) is 1. The van der Waals surface area contributed by atoms with Gasteiger partial charge in [-0.3, -0.25) is 0 Å². The van der Waals surface area contributed by atoms with Gasteiger partial charge in [-0.15, -0.1) is 0 Å². The van der Waals surface area contributed by atoms with Crippen molar-refractivity contribution in [2.45, 2.75) is 0 Å². The molecule has 0 atom stereocenters. The van der Waals surface area contributed by atoms with Gasteiger partial charge in [0.2, 0.25) is 5.96 Å². The second-order valence-electron chi connectivity index (χ2n) is 5.50. The summed E-state index contributed by atoms with van der Waals surface area (Å²) in [6.45, 7) is 0. The van der Waals surface area contributed by atoms with E-state index in [9.17, 15) is 0 Å². The zero-order valence-corrected chi connectivity index (χ0v) is 13.2. The van der Waals surface area contributed by atoms with Gasteiger partial charge in [0.1, 0.15) is 0 Å². The van der Waals surface area contributed by atoms with E-state index >= 15 is 0 Å². The smallest absolute Gasteiger partial charge is 0.223 e. The van der Waals surface area contributed by atoms with Gasteiger partial charge < -0.3 is 16.4 Å². The molecule has 4 N–H and O–H groups in total. The summed E-state index contributed by atoms with van der Waals surface area (Å²) in [6, 6.07) is 18.4. The molecule has 0 unspecified atom stereocenters. The molecular weight excluding hydrogens is 286 g/mol. The van der Waals surface area contributed by atoms with E-state index in [4.69, 9.17) is 11.5 Å². The van der Waals surface area contributed by atoms with Gasteiger partial charge in [-0.05, 0) is 22.2 Å². The van der Waals surface area contributed by atoms with Crippen molar-refractivity contribution in [2.75, 3.05) is 14.1 Å². The second kappa shape index (κ2) is 5.96. The van der Waals surface area contributed by atoms with E-state index in [1.807, 2.05) is 36.4 Å². The number of hydrogen-bond donors (Lipinski definition) is 2. The standard InChI is InChI=1S/C18H19N5/c1-23(2)18(20)22-17(19)21-16-11-12-7-3-4-8-13(12)14-9-5-6-10-15(14)16/h3-11H,1-2H3,(H4,19,20,21,22). The first kappa shape index (κ1) is 14.8. The highest BCUT2D eigenvalue weighted by Gasteiger charge is 2.06. The van der Waals surface area contributed by atoms with E-state index in [1.165, 1.54) is 5.39 Å².